The van der Waals surface area contributed by atoms with Crippen LogP contribution in [0.4, 0.5) is 0 Å². The number of rotatable bonds is 4. The minimum atomic E-state index is -2.91. The third kappa shape index (κ3) is 3.32. The molecule has 1 rings (SSSR count). The van der Waals surface area contributed by atoms with E-state index in [-0.39, 0.29) is 0 Å². The van der Waals surface area contributed by atoms with E-state index in [1.54, 1.807) is 25.1 Å². The van der Waals surface area contributed by atoms with Gasteiger partial charge in [-0.05, 0) is 24.6 Å². The first-order valence-electron chi connectivity index (χ1n) is 4.54. The molecule has 0 bridgehead atoms. The molecule has 1 atom stereocenters. The van der Waals surface area contributed by atoms with Crippen molar-refractivity contribution in [2.45, 2.75) is 13.0 Å². The summed E-state index contributed by atoms with van der Waals surface area (Å²) in [5.74, 6) is -0.472. The normalized spacial score (nSPS) is 12.4. The number of thiol groups is 1. The van der Waals surface area contributed by atoms with Gasteiger partial charge in [-0.25, -0.2) is 13.2 Å². The lowest BCUT2D eigenvalue weighted by Crippen LogP contribution is -2.04. The molecule has 1 unspecified atom stereocenters. The summed E-state index contributed by atoms with van der Waals surface area (Å²) in [6.07, 6.45) is -0.620. The van der Waals surface area contributed by atoms with Gasteiger partial charge in [-0.3, -0.25) is 4.18 Å². The van der Waals surface area contributed by atoms with Gasteiger partial charge in [0.2, 0.25) is 0 Å². The van der Waals surface area contributed by atoms with Crippen molar-refractivity contribution in [1.29, 1.82) is 0 Å². The van der Waals surface area contributed by atoms with Gasteiger partial charge in [-0.2, -0.15) is 0 Å². The van der Waals surface area contributed by atoms with Crippen LogP contribution in [-0.2, 0) is 19.9 Å². The highest BCUT2D eigenvalue weighted by atomic mass is 32.2. The second-order valence-electron chi connectivity index (χ2n) is 3.09. The van der Waals surface area contributed by atoms with Crippen LogP contribution in [0.3, 0.4) is 0 Å². The maximum Gasteiger partial charge on any atom is 0.337 e. The highest BCUT2D eigenvalue weighted by Gasteiger charge is 2.11. The Kier molecular flexibility index (Phi) is 4.45. The number of hydrogen-bond donors (Lipinski definition) is 1. The third-order valence-electron chi connectivity index (χ3n) is 2.02. The van der Waals surface area contributed by atoms with Crippen LogP contribution in [-0.4, -0.2) is 21.5 Å². The molecule has 6 heteroatoms. The van der Waals surface area contributed by atoms with Gasteiger partial charge in [-0.1, -0.05) is 12.1 Å². The predicted octanol–water partition coefficient (Wildman–Crippen LogP) is 1.08. The lowest BCUT2D eigenvalue weighted by Gasteiger charge is -2.09. The van der Waals surface area contributed by atoms with Gasteiger partial charge in [0.15, 0.2) is 0 Å². The molecule has 0 aromatic heterocycles. The second-order valence-corrected chi connectivity index (χ2v) is 3.75. The number of ether oxygens (including phenoxy) is 1. The fourth-order valence-electron chi connectivity index (χ4n) is 1.23. The highest BCUT2D eigenvalue weighted by molar-refractivity contribution is 7.67. The van der Waals surface area contributed by atoms with Crippen molar-refractivity contribution < 1.29 is 22.1 Å². The molecule has 88 valence electrons. The van der Waals surface area contributed by atoms with Crippen molar-refractivity contribution in [3.05, 3.63) is 35.4 Å². The van der Waals surface area contributed by atoms with Crippen LogP contribution in [0.5, 0.6) is 0 Å². The Morgan fingerprint density at radius 2 is 2.06 bits per heavy atom. The maximum absolute atomic E-state index is 11.2. The van der Waals surface area contributed by atoms with Gasteiger partial charge in [0.05, 0.1) is 18.8 Å². The average Bonchev–Trinajstić information content (AvgIpc) is 2.27. The number of benzene rings is 1. The molecule has 1 aromatic carbocycles. The molecule has 0 saturated carbocycles. The van der Waals surface area contributed by atoms with E-state index in [2.05, 4.69) is 8.92 Å². The summed E-state index contributed by atoms with van der Waals surface area (Å²) < 4.78 is 29.9. The first kappa shape index (κ1) is 12.7. The van der Waals surface area contributed by atoms with Crippen molar-refractivity contribution in [2.24, 2.45) is 0 Å². The van der Waals surface area contributed by atoms with Crippen LogP contribution in [0.25, 0.3) is 0 Å². The van der Waals surface area contributed by atoms with E-state index >= 15 is 0 Å². The predicted molar refractivity (Wildman–Crippen MR) is 57.6 cm³/mol. The van der Waals surface area contributed by atoms with E-state index in [1.807, 2.05) is 0 Å². The Morgan fingerprint density at radius 3 is 2.62 bits per heavy atom. The monoisotopic (exact) mass is 244 g/mol. The van der Waals surface area contributed by atoms with Crippen molar-refractivity contribution in [3.8, 4) is 0 Å². The lowest BCUT2D eigenvalue weighted by atomic mass is 10.1. The van der Waals surface area contributed by atoms with Gasteiger partial charge in [0, 0.05) is 0 Å². The van der Waals surface area contributed by atoms with E-state index in [0.29, 0.717) is 11.1 Å². The molecule has 0 saturated heterocycles. The molecule has 0 radical (unpaired) electrons. The Morgan fingerprint density at radius 1 is 1.38 bits per heavy atom. The quantitative estimate of drug-likeness (QED) is 0.634. The summed E-state index contributed by atoms with van der Waals surface area (Å²) >= 11 is 0. The first-order valence-corrected chi connectivity index (χ1v) is 5.63. The van der Waals surface area contributed by atoms with Crippen LogP contribution >= 0.6 is 0 Å². The molecule has 16 heavy (non-hydrogen) atoms. The topological polar surface area (TPSA) is 69.7 Å². The molecule has 0 spiro atoms. The third-order valence-corrected chi connectivity index (χ3v) is 2.51. The summed E-state index contributed by atoms with van der Waals surface area (Å²) in [5, 5.41) is 0. The van der Waals surface area contributed by atoms with Crippen molar-refractivity contribution in [2.75, 3.05) is 7.11 Å². The Hall–Kier alpha value is -1.40. The van der Waals surface area contributed by atoms with Crippen molar-refractivity contribution >= 4 is 17.0 Å². The van der Waals surface area contributed by atoms with Gasteiger partial charge in [-0.15, -0.1) is 0 Å². The molecular formula is C10H12O5S. The zero-order chi connectivity index (χ0) is 12.1. The second kappa shape index (κ2) is 5.62. The smallest absolute Gasteiger partial charge is 0.337 e. The number of carbonyl (C=O) groups excluding carboxylic acids is 1. The fourth-order valence-corrected chi connectivity index (χ4v) is 1.61. The van der Waals surface area contributed by atoms with E-state index < -0.39 is 23.1 Å². The van der Waals surface area contributed by atoms with Gasteiger partial charge >= 0.3 is 5.97 Å². The van der Waals surface area contributed by atoms with Crippen LogP contribution in [0.15, 0.2) is 24.3 Å². The van der Waals surface area contributed by atoms with Gasteiger partial charge in [0.1, 0.15) is 0 Å². The van der Waals surface area contributed by atoms with Gasteiger partial charge < -0.3 is 4.74 Å². The Labute approximate surface area is 95.1 Å². The molecule has 0 amide bonds. The molecular weight excluding hydrogens is 232 g/mol. The van der Waals surface area contributed by atoms with E-state index in [1.165, 1.54) is 13.2 Å². The Bertz CT molecular complexity index is 444. The number of methoxy groups -OCH3 is 1. The standard InChI is InChI=1S/C10H12O5S/c1-7(15-16(12)13)8-4-3-5-9(6-8)10(11)14-2/h3-7,16H,1-2H3. The summed E-state index contributed by atoms with van der Waals surface area (Å²) in [6, 6.07) is 6.43. The highest BCUT2D eigenvalue weighted by Crippen LogP contribution is 2.18. The number of hydrogen-bond acceptors (Lipinski definition) is 5. The summed E-state index contributed by atoms with van der Waals surface area (Å²) in [6.45, 7) is 1.58. The molecule has 0 aliphatic heterocycles. The zero-order valence-corrected chi connectivity index (χ0v) is 9.77. The molecule has 1 aromatic rings. The Balaban J connectivity index is 2.93. The molecule has 0 heterocycles. The molecule has 5 nitrogen and oxygen atoms in total. The van der Waals surface area contributed by atoms with E-state index in [4.69, 9.17) is 0 Å². The van der Waals surface area contributed by atoms with Crippen LogP contribution in [0, 0.1) is 0 Å². The fraction of sp³-hybridized carbons (Fsp3) is 0.300. The van der Waals surface area contributed by atoms with Crippen LogP contribution in [0.1, 0.15) is 28.9 Å². The molecule has 0 aliphatic rings. The summed E-state index contributed by atoms with van der Waals surface area (Å²) in [4.78, 5) is 11.2. The van der Waals surface area contributed by atoms with Crippen molar-refractivity contribution in [1.82, 2.24) is 0 Å². The zero-order valence-electron chi connectivity index (χ0n) is 8.88. The SMILES string of the molecule is COC(=O)c1cccc(C(C)O[SH](=O)=O)c1. The van der Waals surface area contributed by atoms with E-state index in [9.17, 15) is 13.2 Å². The molecule has 0 N–H and O–H groups in total. The minimum Gasteiger partial charge on any atom is -0.465 e. The van der Waals surface area contributed by atoms with Crippen molar-refractivity contribution in [3.63, 3.8) is 0 Å². The van der Waals surface area contributed by atoms with Crippen LogP contribution < -0.4 is 0 Å². The minimum absolute atomic E-state index is 0.358. The summed E-state index contributed by atoms with van der Waals surface area (Å²) in [5.41, 5.74) is 0.957. The van der Waals surface area contributed by atoms with E-state index in [0.717, 1.165) is 0 Å². The molecule has 0 fully saturated rings. The maximum atomic E-state index is 11.2. The first-order chi connectivity index (χ1) is 7.54. The average molecular weight is 244 g/mol. The molecule has 0 aliphatic carbocycles. The van der Waals surface area contributed by atoms with Gasteiger partial charge in [0.25, 0.3) is 11.0 Å². The number of esters is 1. The lowest BCUT2D eigenvalue weighted by molar-refractivity contribution is 0.0600. The number of carbonyl (C=O) groups is 1. The van der Waals surface area contributed by atoms with Crippen LogP contribution in [0.2, 0.25) is 0 Å². The summed E-state index contributed by atoms with van der Waals surface area (Å²) in [7, 11) is -1.63. The largest absolute Gasteiger partial charge is 0.465 e.